The quantitative estimate of drug-likeness (QED) is 0.610. The summed E-state index contributed by atoms with van der Waals surface area (Å²) >= 11 is 0. The maximum absolute atomic E-state index is 13.0. The van der Waals surface area contributed by atoms with Gasteiger partial charge in [-0.2, -0.15) is 0 Å². The van der Waals surface area contributed by atoms with Crippen molar-refractivity contribution in [1.29, 1.82) is 0 Å². The molecule has 158 valence electrons. The number of piperidine rings is 1. The first-order chi connectivity index (χ1) is 14.1. The smallest absolute Gasteiger partial charge is 0.166 e. The number of likely N-dealkylation sites (tertiary alicyclic amines) is 1. The second-order valence-electron chi connectivity index (χ2n) is 9.55. The molecule has 3 aliphatic rings. The van der Waals surface area contributed by atoms with Crippen LogP contribution in [0.2, 0.25) is 0 Å². The molecule has 3 fully saturated rings. The number of furan rings is 1. The minimum absolute atomic E-state index is 0.0438. The van der Waals surface area contributed by atoms with Crippen LogP contribution < -0.4 is 4.90 Å². The van der Waals surface area contributed by atoms with Gasteiger partial charge in [-0.3, -0.25) is 14.6 Å². The molecule has 1 aromatic heterocycles. The number of hydrogen-bond donors (Lipinski definition) is 1. The Balaban J connectivity index is 1.46. The van der Waals surface area contributed by atoms with E-state index in [0.29, 0.717) is 25.1 Å². The highest BCUT2D eigenvalue weighted by atomic mass is 16.3. The number of nitrogens with zero attached hydrogens (tertiary/aromatic N) is 1. The van der Waals surface area contributed by atoms with Crippen molar-refractivity contribution in [1.82, 2.24) is 0 Å². The number of carbonyl (C=O) groups is 2. The Labute approximate surface area is 173 Å². The minimum Gasteiger partial charge on any atom is -0.463 e. The van der Waals surface area contributed by atoms with E-state index in [0.717, 1.165) is 44.5 Å². The standard InChI is InChI=1S/C24H34N2O3/c1-18(23-20(27)15-24(16-21(23)28)10-4-2-5-11-24)25-17-19(22-9-8-14-29-22)26-12-6-3-7-13-26/h8-9,14,19,23H,2-7,10-13,15-17H2,1H3/p+1/t19-/m0/s1. The van der Waals surface area contributed by atoms with Gasteiger partial charge >= 0.3 is 0 Å². The molecule has 0 radical (unpaired) electrons. The zero-order valence-corrected chi connectivity index (χ0v) is 17.8. The average molecular weight is 400 g/mol. The van der Waals surface area contributed by atoms with E-state index in [9.17, 15) is 9.59 Å². The molecular formula is C24H35N2O3+. The molecular weight excluding hydrogens is 364 g/mol. The number of hydrogen-bond acceptors (Lipinski definition) is 4. The summed E-state index contributed by atoms with van der Waals surface area (Å²) in [5.41, 5.74) is 0.663. The number of rotatable bonds is 5. The van der Waals surface area contributed by atoms with E-state index in [2.05, 4.69) is 0 Å². The molecule has 0 aromatic carbocycles. The second kappa shape index (κ2) is 8.95. The van der Waals surface area contributed by atoms with Gasteiger partial charge in [-0.1, -0.05) is 19.3 Å². The van der Waals surface area contributed by atoms with Crippen molar-refractivity contribution < 1.29 is 18.9 Å². The van der Waals surface area contributed by atoms with Crippen LogP contribution in [0.4, 0.5) is 0 Å². The van der Waals surface area contributed by atoms with Crippen molar-refractivity contribution in [3.05, 3.63) is 24.2 Å². The van der Waals surface area contributed by atoms with Gasteiger partial charge in [0, 0.05) is 18.6 Å². The first-order valence-corrected chi connectivity index (χ1v) is 11.5. The second-order valence-corrected chi connectivity index (χ2v) is 9.55. The summed E-state index contributed by atoms with van der Waals surface area (Å²) in [6, 6.07) is 4.12. The highest BCUT2D eigenvalue weighted by Crippen LogP contribution is 2.46. The lowest BCUT2D eigenvalue weighted by molar-refractivity contribution is -0.935. The first-order valence-electron chi connectivity index (χ1n) is 11.5. The van der Waals surface area contributed by atoms with E-state index in [1.807, 2.05) is 19.1 Å². The Morgan fingerprint density at radius 3 is 2.38 bits per heavy atom. The van der Waals surface area contributed by atoms with Crippen LogP contribution in [0.25, 0.3) is 0 Å². The van der Waals surface area contributed by atoms with E-state index in [1.54, 1.807) is 6.26 Å². The maximum atomic E-state index is 13.0. The Morgan fingerprint density at radius 2 is 1.76 bits per heavy atom. The number of quaternary nitrogens is 1. The summed E-state index contributed by atoms with van der Waals surface area (Å²) in [5.74, 6) is 0.547. The SMILES string of the molecule is CC(=NC[C@@H](c1ccco1)[NH+]1CCCCC1)C1C(=O)CC2(CCCCC2)CC1=O. The molecule has 5 nitrogen and oxygen atoms in total. The third-order valence-electron chi connectivity index (χ3n) is 7.47. The van der Waals surface area contributed by atoms with Crippen molar-refractivity contribution >= 4 is 17.3 Å². The summed E-state index contributed by atoms with van der Waals surface area (Å²) in [4.78, 5) is 32.3. The molecule has 1 aromatic rings. The predicted octanol–water partition coefficient (Wildman–Crippen LogP) is 3.35. The van der Waals surface area contributed by atoms with Crippen LogP contribution in [0.3, 0.4) is 0 Å². The Hall–Kier alpha value is -1.75. The summed E-state index contributed by atoms with van der Waals surface area (Å²) < 4.78 is 5.72. The van der Waals surface area contributed by atoms with Crippen LogP contribution in [0, 0.1) is 11.3 Å². The monoisotopic (exact) mass is 399 g/mol. The Morgan fingerprint density at radius 1 is 1.10 bits per heavy atom. The van der Waals surface area contributed by atoms with Crippen molar-refractivity contribution in [2.24, 2.45) is 16.3 Å². The lowest BCUT2D eigenvalue weighted by atomic mass is 9.62. The molecule has 2 aliphatic carbocycles. The molecule has 1 spiro atoms. The largest absolute Gasteiger partial charge is 0.463 e. The number of nitrogens with one attached hydrogen (secondary N) is 1. The molecule has 0 unspecified atom stereocenters. The maximum Gasteiger partial charge on any atom is 0.166 e. The van der Waals surface area contributed by atoms with Gasteiger partial charge in [-0.05, 0) is 56.6 Å². The van der Waals surface area contributed by atoms with Crippen molar-refractivity contribution in [2.75, 3.05) is 19.6 Å². The highest BCUT2D eigenvalue weighted by molar-refractivity contribution is 6.21. The third-order valence-corrected chi connectivity index (χ3v) is 7.47. The first kappa shape index (κ1) is 20.5. The van der Waals surface area contributed by atoms with Crippen LogP contribution >= 0.6 is 0 Å². The van der Waals surface area contributed by atoms with Crippen molar-refractivity contribution in [2.45, 2.75) is 77.2 Å². The predicted molar refractivity (Wildman–Crippen MR) is 112 cm³/mol. The number of aliphatic imine (C=N–C) groups is 1. The van der Waals surface area contributed by atoms with Crippen LogP contribution in [-0.2, 0) is 9.59 Å². The van der Waals surface area contributed by atoms with E-state index in [-0.39, 0.29) is 23.0 Å². The molecule has 1 aliphatic heterocycles. The third kappa shape index (κ3) is 4.55. The van der Waals surface area contributed by atoms with Crippen LogP contribution in [0.1, 0.15) is 82.9 Å². The van der Waals surface area contributed by atoms with Gasteiger partial charge in [0.2, 0.25) is 0 Å². The normalized spacial score (nSPS) is 25.5. The molecule has 0 bridgehead atoms. The molecule has 1 saturated heterocycles. The van der Waals surface area contributed by atoms with Gasteiger partial charge in [0.1, 0.15) is 17.5 Å². The summed E-state index contributed by atoms with van der Waals surface area (Å²) in [5, 5.41) is 0. The summed E-state index contributed by atoms with van der Waals surface area (Å²) in [6.45, 7) is 4.72. The van der Waals surface area contributed by atoms with Crippen LogP contribution in [-0.4, -0.2) is 36.9 Å². The molecule has 1 N–H and O–H groups in total. The fourth-order valence-electron chi connectivity index (χ4n) is 5.90. The minimum atomic E-state index is -0.615. The van der Waals surface area contributed by atoms with Gasteiger partial charge in [0.05, 0.1) is 25.9 Å². The van der Waals surface area contributed by atoms with Gasteiger partial charge in [-0.15, -0.1) is 0 Å². The molecule has 4 rings (SSSR count). The van der Waals surface area contributed by atoms with Crippen LogP contribution in [0.15, 0.2) is 27.8 Å². The number of Topliss-reactive ketones (excluding diaryl/α,β-unsaturated/α-hetero) is 2. The van der Waals surface area contributed by atoms with Crippen molar-refractivity contribution in [3.8, 4) is 0 Å². The lowest BCUT2D eigenvalue weighted by Crippen LogP contribution is -3.13. The van der Waals surface area contributed by atoms with Gasteiger partial charge in [-0.25, -0.2) is 0 Å². The summed E-state index contributed by atoms with van der Waals surface area (Å²) in [6.07, 6.45) is 12.2. The van der Waals surface area contributed by atoms with Crippen molar-refractivity contribution in [3.63, 3.8) is 0 Å². The Kier molecular flexibility index (Phi) is 6.33. The lowest BCUT2D eigenvalue weighted by Gasteiger charge is -2.41. The summed E-state index contributed by atoms with van der Waals surface area (Å²) in [7, 11) is 0. The van der Waals surface area contributed by atoms with E-state index >= 15 is 0 Å². The fraction of sp³-hybridized carbons (Fsp3) is 0.708. The van der Waals surface area contributed by atoms with Gasteiger partial charge in [0.25, 0.3) is 0 Å². The van der Waals surface area contributed by atoms with E-state index < -0.39 is 5.92 Å². The molecule has 2 heterocycles. The molecule has 29 heavy (non-hydrogen) atoms. The number of carbonyl (C=O) groups excluding carboxylic acids is 2. The highest BCUT2D eigenvalue weighted by Gasteiger charge is 2.46. The molecule has 5 heteroatoms. The molecule has 1 atom stereocenters. The van der Waals surface area contributed by atoms with E-state index in [1.165, 1.54) is 30.6 Å². The zero-order chi connectivity index (χ0) is 20.3. The van der Waals surface area contributed by atoms with Gasteiger partial charge < -0.3 is 9.32 Å². The fourth-order valence-corrected chi connectivity index (χ4v) is 5.90. The molecule has 2 saturated carbocycles. The zero-order valence-electron chi connectivity index (χ0n) is 17.8. The topological polar surface area (TPSA) is 64.1 Å². The van der Waals surface area contributed by atoms with E-state index in [4.69, 9.17) is 9.41 Å². The van der Waals surface area contributed by atoms with Crippen LogP contribution in [0.5, 0.6) is 0 Å². The average Bonchev–Trinajstić information content (AvgIpc) is 3.23. The van der Waals surface area contributed by atoms with Gasteiger partial charge in [0.15, 0.2) is 11.8 Å². The molecule has 0 amide bonds. The Bertz CT molecular complexity index is 720. The number of ketones is 2.